The molecule has 198 valence electrons. The van der Waals surface area contributed by atoms with E-state index in [0.29, 0.717) is 6.61 Å². The molecule has 8 heteroatoms. The van der Waals surface area contributed by atoms with Gasteiger partial charge in [0.15, 0.2) is 17.9 Å². The van der Waals surface area contributed by atoms with Crippen molar-refractivity contribution >= 4 is 22.2 Å². The van der Waals surface area contributed by atoms with E-state index in [1.165, 1.54) is 17.0 Å². The number of ether oxygens (including phenoxy) is 1. The summed E-state index contributed by atoms with van der Waals surface area (Å²) in [5.41, 5.74) is 7.94. The number of rotatable bonds is 7. The summed E-state index contributed by atoms with van der Waals surface area (Å²) in [5.74, 6) is 0.852. The van der Waals surface area contributed by atoms with Crippen LogP contribution < -0.4 is 27.9 Å². The summed E-state index contributed by atoms with van der Waals surface area (Å²) in [6.45, 7) is 7.84. The Morgan fingerprint density at radius 1 is 0.711 bits per heavy atom. The molecular weight excluding hydrogens is 525 g/mol. The number of pyridine rings is 1. The first-order valence-electron chi connectivity index (χ1n) is 11.9. The lowest BCUT2D eigenvalue weighted by atomic mass is 9.95. The Hall–Kier alpha value is -3.23. The van der Waals surface area contributed by atoms with Gasteiger partial charge < -0.3 is 4.74 Å². The van der Waals surface area contributed by atoms with Crippen LogP contribution in [0.3, 0.4) is 0 Å². The van der Waals surface area contributed by atoms with Crippen molar-refractivity contribution in [2.45, 2.75) is 27.3 Å². The highest BCUT2D eigenvalue weighted by Gasteiger charge is 2.14. The molecule has 0 fully saturated rings. The predicted octanol–water partition coefficient (Wildman–Crippen LogP) is 2.38. The SMILES string of the molecule is Cc1cc(C)[n+](CCOc2ccc(/C(=C(/Cl)c3ccccc3)c3ccccc3)cc2)c(C)c1.[O-][Cl+3]([O-])([O-])[O-]. The van der Waals surface area contributed by atoms with Gasteiger partial charge in [0.2, 0.25) is 0 Å². The first-order valence-corrected chi connectivity index (χ1v) is 13.5. The van der Waals surface area contributed by atoms with Gasteiger partial charge in [-0.1, -0.05) is 84.4 Å². The molecule has 0 unspecified atom stereocenters. The smallest absolute Gasteiger partial charge is 0.182 e. The molecule has 0 aliphatic heterocycles. The molecular formula is C30H29Cl2NO5. The Morgan fingerprint density at radius 3 is 1.66 bits per heavy atom. The van der Waals surface area contributed by atoms with E-state index in [4.69, 9.17) is 35.0 Å². The summed E-state index contributed by atoms with van der Waals surface area (Å²) in [6.07, 6.45) is 0. The quantitative estimate of drug-likeness (QED) is 0.258. The molecule has 1 heterocycles. The maximum Gasteiger partial charge on any atom is 0.182 e. The van der Waals surface area contributed by atoms with Crippen molar-refractivity contribution in [3.63, 3.8) is 0 Å². The van der Waals surface area contributed by atoms with Crippen molar-refractivity contribution < 1.29 is 38.2 Å². The van der Waals surface area contributed by atoms with Gasteiger partial charge in [0.05, 0.1) is 5.03 Å². The number of aromatic nitrogens is 1. The minimum Gasteiger partial charge on any atom is -0.487 e. The maximum atomic E-state index is 8.49. The zero-order valence-corrected chi connectivity index (χ0v) is 22.9. The second-order valence-electron chi connectivity index (χ2n) is 8.64. The number of halogens is 2. The van der Waals surface area contributed by atoms with E-state index in [9.17, 15) is 0 Å². The van der Waals surface area contributed by atoms with Gasteiger partial charge in [0, 0.05) is 31.6 Å². The van der Waals surface area contributed by atoms with Crippen LogP contribution in [0.4, 0.5) is 0 Å². The lowest BCUT2D eigenvalue weighted by Crippen LogP contribution is -2.68. The second kappa shape index (κ2) is 13.5. The van der Waals surface area contributed by atoms with Crippen LogP contribution in [0.1, 0.15) is 33.6 Å². The zero-order valence-electron chi connectivity index (χ0n) is 21.4. The standard InChI is InChI=1S/C30H29ClNO.ClHO4/c1-22-20-23(2)32(24(3)21-22)18-19-33-28-16-14-26(15-17-28)29(25-10-6-4-7-11-25)30(31)27-12-8-5-9-13-27;2-1(3,4)5/h4-17,20-21H,18-19H2,1-3H3;(H,2,3,4,5)/q+1;/p-1/b30-29+;. The molecule has 0 aliphatic carbocycles. The fraction of sp³-hybridized carbons (Fsp3) is 0.167. The van der Waals surface area contributed by atoms with E-state index in [0.717, 1.165) is 39.6 Å². The molecule has 4 rings (SSSR count). The molecule has 1 aromatic heterocycles. The summed E-state index contributed by atoms with van der Waals surface area (Å²) in [4.78, 5) is 0. The van der Waals surface area contributed by atoms with E-state index in [2.05, 4.69) is 61.7 Å². The molecule has 6 nitrogen and oxygen atoms in total. The van der Waals surface area contributed by atoms with E-state index < -0.39 is 10.2 Å². The lowest BCUT2D eigenvalue weighted by molar-refractivity contribution is -2.00. The monoisotopic (exact) mass is 553 g/mol. The Labute approximate surface area is 230 Å². The van der Waals surface area contributed by atoms with Gasteiger partial charge in [-0.15, -0.1) is 10.2 Å². The summed E-state index contributed by atoms with van der Waals surface area (Å²) < 4.78 is 42.3. The molecule has 0 saturated heterocycles. The highest BCUT2D eigenvalue weighted by atomic mass is 35.7. The Bertz CT molecular complexity index is 1320. The third kappa shape index (κ3) is 8.96. The average Bonchev–Trinajstić information content (AvgIpc) is 2.87. The first-order chi connectivity index (χ1) is 18.0. The normalized spacial score (nSPS) is 11.8. The van der Waals surface area contributed by atoms with Crippen LogP contribution in [0.25, 0.3) is 10.6 Å². The van der Waals surface area contributed by atoms with Crippen LogP contribution in [-0.4, -0.2) is 6.61 Å². The third-order valence-electron chi connectivity index (χ3n) is 5.76. The first kappa shape index (κ1) is 29.3. The van der Waals surface area contributed by atoms with E-state index in [-0.39, 0.29) is 0 Å². The largest absolute Gasteiger partial charge is 0.487 e. The summed E-state index contributed by atoms with van der Waals surface area (Å²) in [5, 5.41) is 0.734. The highest BCUT2D eigenvalue weighted by molar-refractivity contribution is 6.53. The third-order valence-corrected chi connectivity index (χ3v) is 6.17. The van der Waals surface area contributed by atoms with Crippen LogP contribution in [-0.2, 0) is 6.54 Å². The molecule has 0 aliphatic rings. The van der Waals surface area contributed by atoms with Crippen molar-refractivity contribution in [3.05, 3.63) is 131 Å². The Balaban J connectivity index is 0.000000732. The molecule has 0 atom stereocenters. The maximum absolute atomic E-state index is 8.49. The van der Waals surface area contributed by atoms with Crippen LogP contribution in [0.2, 0.25) is 0 Å². The van der Waals surface area contributed by atoms with Gasteiger partial charge in [-0.25, -0.2) is 18.6 Å². The number of aryl methyl sites for hydroxylation is 3. The van der Waals surface area contributed by atoms with Crippen LogP contribution in [0.15, 0.2) is 97.1 Å². The van der Waals surface area contributed by atoms with Crippen molar-refractivity contribution in [3.8, 4) is 5.75 Å². The van der Waals surface area contributed by atoms with E-state index >= 15 is 0 Å². The number of nitrogens with zero attached hydrogens (tertiary/aromatic N) is 1. The summed E-state index contributed by atoms with van der Waals surface area (Å²) >= 11 is 6.92. The topological polar surface area (TPSA) is 105 Å². The molecule has 0 radical (unpaired) electrons. The Morgan fingerprint density at radius 2 is 1.16 bits per heavy atom. The average molecular weight is 554 g/mol. The van der Waals surface area contributed by atoms with E-state index in [1.54, 1.807) is 0 Å². The molecule has 0 saturated carbocycles. The fourth-order valence-corrected chi connectivity index (χ4v) is 4.56. The highest BCUT2D eigenvalue weighted by Crippen LogP contribution is 2.35. The van der Waals surface area contributed by atoms with Crippen LogP contribution >= 0.6 is 11.6 Å². The summed E-state index contributed by atoms with van der Waals surface area (Å²) in [7, 11) is -4.94. The fourth-order valence-electron chi connectivity index (χ4n) is 4.21. The second-order valence-corrected chi connectivity index (χ2v) is 9.77. The van der Waals surface area contributed by atoms with Gasteiger partial charge in [0.1, 0.15) is 12.4 Å². The van der Waals surface area contributed by atoms with Crippen molar-refractivity contribution in [2.24, 2.45) is 0 Å². The van der Waals surface area contributed by atoms with Crippen molar-refractivity contribution in [1.29, 1.82) is 0 Å². The van der Waals surface area contributed by atoms with Gasteiger partial charge in [0.25, 0.3) is 0 Å². The number of hydrogen-bond donors (Lipinski definition) is 0. The summed E-state index contributed by atoms with van der Waals surface area (Å²) in [6, 6.07) is 33.0. The van der Waals surface area contributed by atoms with Gasteiger partial charge in [-0.2, -0.15) is 4.57 Å². The molecule has 38 heavy (non-hydrogen) atoms. The Kier molecular flexibility index (Phi) is 10.4. The molecule has 0 spiro atoms. The minimum atomic E-state index is -4.94. The minimum absolute atomic E-state index is 0.612. The molecule has 0 bridgehead atoms. The molecule has 3 aromatic carbocycles. The number of benzene rings is 3. The van der Waals surface area contributed by atoms with Crippen LogP contribution in [0, 0.1) is 31.0 Å². The molecule has 0 N–H and O–H groups in total. The lowest BCUT2D eigenvalue weighted by Gasteiger charge is -2.17. The molecule has 0 amide bonds. The van der Waals surface area contributed by atoms with E-state index in [1.807, 2.05) is 60.7 Å². The number of hydrogen-bond acceptors (Lipinski definition) is 5. The van der Waals surface area contributed by atoms with Crippen molar-refractivity contribution in [2.75, 3.05) is 6.61 Å². The van der Waals surface area contributed by atoms with Gasteiger partial charge in [-0.05, 0) is 41.3 Å². The zero-order chi connectivity index (χ0) is 27.7. The van der Waals surface area contributed by atoms with Gasteiger partial charge in [-0.3, -0.25) is 0 Å². The van der Waals surface area contributed by atoms with Crippen LogP contribution in [0.5, 0.6) is 5.75 Å². The predicted molar refractivity (Wildman–Crippen MR) is 137 cm³/mol. The molecule has 4 aromatic rings. The van der Waals surface area contributed by atoms with Crippen molar-refractivity contribution in [1.82, 2.24) is 0 Å². The van der Waals surface area contributed by atoms with Gasteiger partial charge >= 0.3 is 0 Å².